The number of aryl methyl sites for hydroxylation is 1. The molecule has 0 unspecified atom stereocenters. The van der Waals surface area contributed by atoms with E-state index in [1.54, 1.807) is 6.92 Å². The van der Waals surface area contributed by atoms with Gasteiger partial charge >= 0.3 is 6.18 Å². The molecule has 0 saturated carbocycles. The van der Waals surface area contributed by atoms with Crippen LogP contribution in [0.15, 0.2) is 72.0 Å². The number of hydrogen-bond acceptors (Lipinski definition) is 3. The van der Waals surface area contributed by atoms with Crippen molar-refractivity contribution in [3.05, 3.63) is 88.3 Å². The van der Waals surface area contributed by atoms with Gasteiger partial charge in [0.1, 0.15) is 0 Å². The molecule has 0 saturated heterocycles. The van der Waals surface area contributed by atoms with Gasteiger partial charge in [-0.2, -0.15) is 18.2 Å². The highest BCUT2D eigenvalue weighted by Gasteiger charge is 2.30. The first kappa shape index (κ1) is 20.5. The zero-order chi connectivity index (χ0) is 21.0. The molecule has 7 heteroatoms. The Bertz CT molecular complexity index is 1030. The maximum Gasteiger partial charge on any atom is 0.416 e. The van der Waals surface area contributed by atoms with Gasteiger partial charge in [0.05, 0.1) is 16.9 Å². The number of alkyl halides is 3. The van der Waals surface area contributed by atoms with Gasteiger partial charge in [-0.1, -0.05) is 60.7 Å². The fraction of sp³-hybridized carbons (Fsp3) is 0.227. The van der Waals surface area contributed by atoms with Crippen molar-refractivity contribution in [3.63, 3.8) is 0 Å². The van der Waals surface area contributed by atoms with Gasteiger partial charge in [0.25, 0.3) is 0 Å². The van der Waals surface area contributed by atoms with Crippen LogP contribution in [0.25, 0.3) is 10.8 Å². The molecule has 0 spiro atoms. The predicted octanol–water partition coefficient (Wildman–Crippen LogP) is 6.06. The number of nitroso groups, excluding NO2 is 1. The number of nitrogens with zero attached hydrogens (tertiary/aromatic N) is 2. The van der Waals surface area contributed by atoms with Crippen LogP contribution >= 0.6 is 0 Å². The average molecular weight is 400 g/mol. The Morgan fingerprint density at radius 1 is 1.03 bits per heavy atom. The Morgan fingerprint density at radius 3 is 2.45 bits per heavy atom. The first-order valence-corrected chi connectivity index (χ1v) is 9.10. The normalized spacial score (nSPS) is 12.6. The van der Waals surface area contributed by atoms with E-state index in [-0.39, 0.29) is 12.8 Å². The van der Waals surface area contributed by atoms with Crippen LogP contribution in [0.1, 0.15) is 36.1 Å². The van der Waals surface area contributed by atoms with Crippen molar-refractivity contribution in [2.75, 3.05) is 0 Å². The summed E-state index contributed by atoms with van der Waals surface area (Å²) in [4.78, 5) is 24.0. The van der Waals surface area contributed by atoms with E-state index in [4.69, 9.17) is 0 Å². The predicted molar refractivity (Wildman–Crippen MR) is 105 cm³/mol. The van der Waals surface area contributed by atoms with Crippen molar-refractivity contribution < 1.29 is 18.0 Å². The number of amides is 1. The van der Waals surface area contributed by atoms with E-state index < -0.39 is 23.7 Å². The third kappa shape index (κ3) is 4.62. The molecule has 3 aromatic rings. The van der Waals surface area contributed by atoms with E-state index in [1.807, 2.05) is 42.5 Å². The van der Waals surface area contributed by atoms with Crippen molar-refractivity contribution >= 4 is 16.7 Å². The molecule has 0 aliphatic carbocycles. The van der Waals surface area contributed by atoms with Crippen LogP contribution in [-0.4, -0.2) is 10.9 Å². The zero-order valence-corrected chi connectivity index (χ0v) is 15.7. The molecule has 29 heavy (non-hydrogen) atoms. The average Bonchev–Trinajstić information content (AvgIpc) is 2.72. The van der Waals surface area contributed by atoms with Crippen LogP contribution in [0.4, 0.5) is 13.2 Å². The topological polar surface area (TPSA) is 49.7 Å². The SMILES string of the molecule is C[C@H](c1cccc2ccccc12)N(N=O)C(=O)CCc1cccc(C(F)(F)F)c1. The summed E-state index contributed by atoms with van der Waals surface area (Å²) < 4.78 is 38.5. The molecule has 4 nitrogen and oxygen atoms in total. The lowest BCUT2D eigenvalue weighted by Gasteiger charge is -2.23. The highest BCUT2D eigenvalue weighted by Crippen LogP contribution is 2.31. The van der Waals surface area contributed by atoms with Gasteiger partial charge in [0.15, 0.2) is 0 Å². The maximum atomic E-state index is 12.8. The van der Waals surface area contributed by atoms with Crippen LogP contribution in [0, 0.1) is 4.91 Å². The lowest BCUT2D eigenvalue weighted by molar-refractivity contribution is -0.137. The number of benzene rings is 3. The number of carbonyl (C=O) groups is 1. The van der Waals surface area contributed by atoms with E-state index >= 15 is 0 Å². The Hall–Kier alpha value is -3.22. The van der Waals surface area contributed by atoms with Gasteiger partial charge in [0.2, 0.25) is 5.91 Å². The van der Waals surface area contributed by atoms with E-state index in [0.29, 0.717) is 5.56 Å². The summed E-state index contributed by atoms with van der Waals surface area (Å²) in [5.41, 5.74) is 0.379. The van der Waals surface area contributed by atoms with Gasteiger partial charge < -0.3 is 0 Å². The number of halogens is 3. The minimum absolute atomic E-state index is 0.0804. The minimum Gasteiger partial charge on any atom is -0.273 e. The van der Waals surface area contributed by atoms with E-state index in [2.05, 4.69) is 5.29 Å². The second-order valence-electron chi connectivity index (χ2n) is 6.76. The third-order valence-corrected chi connectivity index (χ3v) is 4.87. The fourth-order valence-corrected chi connectivity index (χ4v) is 3.35. The molecule has 0 aliphatic heterocycles. The summed E-state index contributed by atoms with van der Waals surface area (Å²) >= 11 is 0. The molecule has 0 fully saturated rings. The number of carbonyl (C=O) groups excluding carboxylic acids is 1. The smallest absolute Gasteiger partial charge is 0.273 e. The van der Waals surface area contributed by atoms with Crippen LogP contribution in [0.3, 0.4) is 0 Å². The lowest BCUT2D eigenvalue weighted by atomic mass is 9.99. The summed E-state index contributed by atoms with van der Waals surface area (Å²) in [6.45, 7) is 1.70. The summed E-state index contributed by atoms with van der Waals surface area (Å²) in [6.07, 6.45) is -4.49. The van der Waals surface area contributed by atoms with E-state index in [9.17, 15) is 22.9 Å². The summed E-state index contributed by atoms with van der Waals surface area (Å²) in [6, 6.07) is 17.4. The number of rotatable bonds is 6. The second kappa shape index (κ2) is 8.43. The van der Waals surface area contributed by atoms with Gasteiger partial charge in [-0.05, 0) is 41.3 Å². The monoisotopic (exact) mass is 400 g/mol. The van der Waals surface area contributed by atoms with Crippen LogP contribution in [0.2, 0.25) is 0 Å². The molecule has 3 rings (SSSR count). The molecule has 1 atom stereocenters. The van der Waals surface area contributed by atoms with Gasteiger partial charge in [0, 0.05) is 6.42 Å². The molecule has 1 amide bonds. The molecule has 150 valence electrons. The zero-order valence-electron chi connectivity index (χ0n) is 15.7. The highest BCUT2D eigenvalue weighted by atomic mass is 19.4. The standard InChI is InChI=1S/C22H19F3N2O2/c1-15(19-11-5-8-17-7-2-3-10-20(17)19)27(26-29)21(28)13-12-16-6-4-9-18(14-16)22(23,24)25/h2-11,14-15H,12-13H2,1H3/t15-/m1/s1. The molecule has 0 bridgehead atoms. The summed E-state index contributed by atoms with van der Waals surface area (Å²) in [5, 5.41) is 5.63. The summed E-state index contributed by atoms with van der Waals surface area (Å²) in [7, 11) is 0. The molecule has 0 N–H and O–H groups in total. The molecule has 3 aromatic carbocycles. The molecular formula is C22H19F3N2O2. The number of hydrogen-bond donors (Lipinski definition) is 0. The van der Waals surface area contributed by atoms with Gasteiger partial charge in [-0.25, -0.2) is 0 Å². The Morgan fingerprint density at radius 2 is 1.72 bits per heavy atom. The molecular weight excluding hydrogens is 381 g/mol. The first-order valence-electron chi connectivity index (χ1n) is 9.10. The van der Waals surface area contributed by atoms with Crippen molar-refractivity contribution in [1.29, 1.82) is 0 Å². The van der Waals surface area contributed by atoms with Crippen LogP contribution in [0.5, 0.6) is 0 Å². The quantitative estimate of drug-likeness (QED) is 0.373. The van der Waals surface area contributed by atoms with Crippen molar-refractivity contribution in [2.24, 2.45) is 5.29 Å². The van der Waals surface area contributed by atoms with E-state index in [0.717, 1.165) is 33.5 Å². The Kier molecular flexibility index (Phi) is 5.96. The minimum atomic E-state index is -4.45. The van der Waals surface area contributed by atoms with Crippen molar-refractivity contribution in [3.8, 4) is 0 Å². The molecule has 0 aliphatic rings. The summed E-state index contributed by atoms with van der Waals surface area (Å²) in [5.74, 6) is -0.544. The second-order valence-corrected chi connectivity index (χ2v) is 6.76. The highest BCUT2D eigenvalue weighted by molar-refractivity contribution is 5.86. The third-order valence-electron chi connectivity index (χ3n) is 4.87. The van der Waals surface area contributed by atoms with Crippen molar-refractivity contribution in [1.82, 2.24) is 5.01 Å². The van der Waals surface area contributed by atoms with Crippen molar-refractivity contribution in [2.45, 2.75) is 32.0 Å². The first-order chi connectivity index (χ1) is 13.8. The fourth-order valence-electron chi connectivity index (χ4n) is 3.35. The lowest BCUT2D eigenvalue weighted by Crippen LogP contribution is -2.28. The Labute approximate surface area is 165 Å². The number of fused-ring (bicyclic) bond motifs is 1. The molecule has 0 heterocycles. The Balaban J connectivity index is 1.76. The van der Waals surface area contributed by atoms with E-state index in [1.165, 1.54) is 12.1 Å². The largest absolute Gasteiger partial charge is 0.416 e. The molecule has 0 radical (unpaired) electrons. The van der Waals surface area contributed by atoms with Gasteiger partial charge in [-0.3, -0.25) is 4.79 Å². The van der Waals surface area contributed by atoms with Crippen LogP contribution < -0.4 is 0 Å². The van der Waals surface area contributed by atoms with Crippen LogP contribution in [-0.2, 0) is 17.4 Å². The van der Waals surface area contributed by atoms with Gasteiger partial charge in [-0.15, -0.1) is 4.91 Å². The molecule has 0 aromatic heterocycles. The maximum absolute atomic E-state index is 12.8.